The minimum atomic E-state index is -0.638. The third-order valence-corrected chi connectivity index (χ3v) is 4.22. The number of rotatable bonds is 10. The van der Waals surface area contributed by atoms with E-state index in [1.165, 1.54) is 17.4 Å². The Kier molecular flexibility index (Phi) is 7.88. The van der Waals surface area contributed by atoms with Gasteiger partial charge in [-0.2, -0.15) is 0 Å². The zero-order valence-electron chi connectivity index (χ0n) is 14.3. The average Bonchev–Trinajstić information content (AvgIpc) is 3.19. The van der Waals surface area contributed by atoms with Crippen LogP contribution in [0.25, 0.3) is 6.08 Å². The summed E-state index contributed by atoms with van der Waals surface area (Å²) < 4.78 is 5.42. The van der Waals surface area contributed by atoms with Crippen molar-refractivity contribution in [2.45, 2.75) is 13.2 Å². The molecule has 0 aliphatic rings. The van der Waals surface area contributed by atoms with Gasteiger partial charge < -0.3 is 4.74 Å². The molecule has 0 bridgehead atoms. The van der Waals surface area contributed by atoms with Gasteiger partial charge in [-0.25, -0.2) is 5.43 Å². The maximum Gasteiger partial charge on any atom is 0.261 e. The van der Waals surface area contributed by atoms with Crippen molar-refractivity contribution in [3.05, 3.63) is 64.4 Å². The van der Waals surface area contributed by atoms with Crippen molar-refractivity contribution in [3.8, 4) is 0 Å². The summed E-state index contributed by atoms with van der Waals surface area (Å²) in [5.74, 6) is -0.560. The SMILES string of the molecule is CC(NN(C[C]=O)C(=O)/C=C/c1ccccc1)OCC(=O)c1cccs1. The number of nitrogens with one attached hydrogen (secondary N) is 1. The highest BCUT2D eigenvalue weighted by Gasteiger charge is 2.15. The Morgan fingerprint density at radius 3 is 2.69 bits per heavy atom. The standard InChI is InChI=1S/C19H19N2O4S/c1-15(25-14-17(23)18-8-5-13-26-18)20-21(11-12-22)19(24)10-9-16-6-3-2-4-7-16/h2-10,13,15,20H,11,14H2,1H3/b10-9+. The predicted octanol–water partition coefficient (Wildman–Crippen LogP) is 2.45. The van der Waals surface area contributed by atoms with Crippen molar-refractivity contribution < 1.29 is 19.1 Å². The van der Waals surface area contributed by atoms with Crippen LogP contribution in [0.1, 0.15) is 22.2 Å². The smallest absolute Gasteiger partial charge is 0.261 e. The maximum absolute atomic E-state index is 12.2. The topological polar surface area (TPSA) is 75.7 Å². The minimum Gasteiger partial charge on any atom is -0.354 e. The lowest BCUT2D eigenvalue weighted by atomic mass is 10.2. The first kappa shape index (κ1) is 19.7. The molecular weight excluding hydrogens is 352 g/mol. The van der Waals surface area contributed by atoms with Crippen LogP contribution in [0, 0.1) is 0 Å². The molecule has 0 saturated heterocycles. The molecule has 1 atom stereocenters. The number of benzene rings is 1. The summed E-state index contributed by atoms with van der Waals surface area (Å²) in [6.07, 6.45) is 4.04. The largest absolute Gasteiger partial charge is 0.354 e. The molecule has 0 spiro atoms. The zero-order chi connectivity index (χ0) is 18.8. The van der Waals surface area contributed by atoms with Gasteiger partial charge in [-0.05, 0) is 30.0 Å². The molecule has 6 nitrogen and oxygen atoms in total. The number of hydrazine groups is 1. The molecule has 1 radical (unpaired) electrons. The van der Waals surface area contributed by atoms with Crippen molar-refractivity contribution in [1.82, 2.24) is 10.4 Å². The quantitative estimate of drug-likeness (QED) is 0.300. The number of thiophene rings is 1. The average molecular weight is 371 g/mol. The fourth-order valence-electron chi connectivity index (χ4n) is 2.04. The van der Waals surface area contributed by atoms with Crippen LogP contribution >= 0.6 is 11.3 Å². The van der Waals surface area contributed by atoms with E-state index < -0.39 is 12.1 Å². The molecule has 0 saturated carbocycles. The number of ketones is 1. The normalized spacial score (nSPS) is 12.0. The highest BCUT2D eigenvalue weighted by Crippen LogP contribution is 2.09. The molecule has 0 fully saturated rings. The molecule has 7 heteroatoms. The molecule has 0 aliphatic heterocycles. The molecule has 1 aromatic heterocycles. The van der Waals surface area contributed by atoms with Gasteiger partial charge in [0.05, 0.1) is 4.88 Å². The Balaban J connectivity index is 1.87. The second-order valence-electron chi connectivity index (χ2n) is 5.30. The molecule has 0 aliphatic carbocycles. The Morgan fingerprint density at radius 2 is 2.04 bits per heavy atom. The first-order chi connectivity index (χ1) is 12.6. The number of hydrogen-bond donors (Lipinski definition) is 1. The van der Waals surface area contributed by atoms with E-state index in [4.69, 9.17) is 4.74 Å². The third-order valence-electron chi connectivity index (χ3n) is 3.30. The molecule has 1 unspecified atom stereocenters. The zero-order valence-corrected chi connectivity index (χ0v) is 15.1. The van der Waals surface area contributed by atoms with E-state index >= 15 is 0 Å². The van der Waals surface area contributed by atoms with Crippen LogP contribution in [-0.4, -0.2) is 42.4 Å². The summed E-state index contributed by atoms with van der Waals surface area (Å²) in [4.78, 5) is 35.5. The number of ether oxygens (including phenoxy) is 1. The van der Waals surface area contributed by atoms with Gasteiger partial charge in [0.25, 0.3) is 5.91 Å². The highest BCUT2D eigenvalue weighted by molar-refractivity contribution is 7.12. The second-order valence-corrected chi connectivity index (χ2v) is 6.24. The predicted molar refractivity (Wildman–Crippen MR) is 100 cm³/mol. The fraction of sp³-hybridized carbons (Fsp3) is 0.211. The summed E-state index contributed by atoms with van der Waals surface area (Å²) in [5.41, 5.74) is 3.62. The van der Waals surface area contributed by atoms with Crippen LogP contribution in [-0.2, 0) is 14.3 Å². The summed E-state index contributed by atoms with van der Waals surface area (Å²) >= 11 is 1.34. The van der Waals surface area contributed by atoms with Gasteiger partial charge in [0, 0.05) is 6.08 Å². The van der Waals surface area contributed by atoms with E-state index in [0.29, 0.717) is 4.88 Å². The molecule has 1 aromatic carbocycles. The van der Waals surface area contributed by atoms with Gasteiger partial charge in [-0.15, -0.1) is 11.3 Å². The molecule has 1 heterocycles. The van der Waals surface area contributed by atoms with E-state index in [1.54, 1.807) is 31.4 Å². The monoisotopic (exact) mass is 371 g/mol. The fourth-order valence-corrected chi connectivity index (χ4v) is 2.69. The van der Waals surface area contributed by atoms with Crippen LogP contribution in [0.4, 0.5) is 0 Å². The lowest BCUT2D eigenvalue weighted by Gasteiger charge is -2.24. The first-order valence-electron chi connectivity index (χ1n) is 7.94. The molecule has 135 valence electrons. The van der Waals surface area contributed by atoms with E-state index in [9.17, 15) is 14.4 Å². The van der Waals surface area contributed by atoms with Crippen molar-refractivity contribution in [2.75, 3.05) is 13.2 Å². The van der Waals surface area contributed by atoms with Crippen molar-refractivity contribution in [2.24, 2.45) is 0 Å². The van der Waals surface area contributed by atoms with Crippen molar-refractivity contribution in [3.63, 3.8) is 0 Å². The van der Waals surface area contributed by atoms with Gasteiger partial charge >= 0.3 is 0 Å². The highest BCUT2D eigenvalue weighted by atomic mass is 32.1. The van der Waals surface area contributed by atoms with Crippen LogP contribution < -0.4 is 5.43 Å². The lowest BCUT2D eigenvalue weighted by molar-refractivity contribution is -0.132. The van der Waals surface area contributed by atoms with Crippen LogP contribution in [0.15, 0.2) is 53.9 Å². The Morgan fingerprint density at radius 1 is 1.27 bits per heavy atom. The summed E-state index contributed by atoms with van der Waals surface area (Å²) in [5, 5.41) is 2.90. The van der Waals surface area contributed by atoms with Crippen molar-refractivity contribution in [1.29, 1.82) is 0 Å². The van der Waals surface area contributed by atoms with Crippen LogP contribution in [0.5, 0.6) is 0 Å². The van der Waals surface area contributed by atoms with Gasteiger partial charge in [0.2, 0.25) is 6.29 Å². The Bertz CT molecular complexity index is 744. The number of amides is 1. The summed E-state index contributed by atoms with van der Waals surface area (Å²) in [7, 11) is 0. The number of hydrogen-bond acceptors (Lipinski definition) is 6. The molecule has 1 amide bonds. The van der Waals surface area contributed by atoms with Gasteiger partial charge in [0.1, 0.15) is 19.4 Å². The Hall–Kier alpha value is -2.61. The van der Waals surface area contributed by atoms with E-state index in [1.807, 2.05) is 35.7 Å². The van der Waals surface area contributed by atoms with E-state index in [0.717, 1.165) is 10.6 Å². The number of carbonyl (C=O) groups is 2. The summed E-state index contributed by atoms with van der Waals surface area (Å²) in [6.45, 7) is 1.26. The maximum atomic E-state index is 12.2. The molecular formula is C19H19N2O4S. The first-order valence-corrected chi connectivity index (χ1v) is 8.82. The van der Waals surface area contributed by atoms with Crippen LogP contribution in [0.3, 0.4) is 0 Å². The number of Topliss-reactive ketones (excluding diaryl/α,β-unsaturated/α-hetero) is 1. The molecule has 26 heavy (non-hydrogen) atoms. The number of nitrogens with zero attached hydrogens (tertiary/aromatic N) is 1. The minimum absolute atomic E-state index is 0.124. The van der Waals surface area contributed by atoms with Gasteiger partial charge in [-0.3, -0.25) is 19.4 Å². The van der Waals surface area contributed by atoms with Crippen molar-refractivity contribution >= 4 is 35.4 Å². The number of carbonyl (C=O) groups excluding carboxylic acids is 3. The Labute approximate surface area is 156 Å². The second kappa shape index (κ2) is 10.4. The lowest BCUT2D eigenvalue weighted by Crippen LogP contribution is -2.48. The molecule has 2 aromatic rings. The summed E-state index contributed by atoms with van der Waals surface area (Å²) in [6, 6.07) is 12.8. The van der Waals surface area contributed by atoms with Crippen LogP contribution in [0.2, 0.25) is 0 Å². The van der Waals surface area contributed by atoms with E-state index in [-0.39, 0.29) is 18.9 Å². The van der Waals surface area contributed by atoms with Gasteiger partial charge in [-0.1, -0.05) is 36.4 Å². The third kappa shape index (κ3) is 6.36. The molecule has 1 N–H and O–H groups in total. The molecule has 2 rings (SSSR count). The van der Waals surface area contributed by atoms with Gasteiger partial charge in [0.15, 0.2) is 5.78 Å². The van der Waals surface area contributed by atoms with E-state index in [2.05, 4.69) is 5.43 Å².